The Hall–Kier alpha value is -2.84. The number of amides is 2. The highest BCUT2D eigenvalue weighted by atomic mass is 35.5. The summed E-state index contributed by atoms with van der Waals surface area (Å²) in [6, 6.07) is 12.5. The van der Waals surface area contributed by atoms with Crippen LogP contribution in [0.4, 0.5) is 5.69 Å². The molecular weight excluding hydrogens is 378 g/mol. The number of carbonyl (C=O) groups is 2. The number of benzene rings is 2. The first-order valence-electron chi connectivity index (χ1n) is 7.48. The Morgan fingerprint density at radius 2 is 1.77 bits per heavy atom. The van der Waals surface area contributed by atoms with Crippen molar-refractivity contribution in [1.29, 1.82) is 0 Å². The zero-order valence-electron chi connectivity index (χ0n) is 13.5. The fourth-order valence-corrected chi connectivity index (χ4v) is 3.63. The number of rotatable bonds is 4. The number of aromatic nitrogens is 1. The van der Waals surface area contributed by atoms with E-state index in [1.807, 2.05) is 10.8 Å². The molecule has 0 bridgehead atoms. The summed E-state index contributed by atoms with van der Waals surface area (Å²) in [5.41, 5.74) is 1.39. The van der Waals surface area contributed by atoms with Crippen LogP contribution in [-0.2, 0) is 14.8 Å². The van der Waals surface area contributed by atoms with Gasteiger partial charge in [-0.25, -0.2) is 13.1 Å². The first kappa shape index (κ1) is 18.0. The van der Waals surface area contributed by atoms with E-state index in [-0.39, 0.29) is 4.90 Å². The number of aromatic amines is 1. The average Bonchev–Trinajstić information content (AvgIpc) is 3.00. The minimum Gasteiger partial charge on any atom is -0.349 e. The van der Waals surface area contributed by atoms with Crippen molar-refractivity contribution < 1.29 is 18.0 Å². The second kappa shape index (κ2) is 6.81. The summed E-state index contributed by atoms with van der Waals surface area (Å²) in [4.78, 5) is 26.2. The molecule has 0 atom stereocenters. The number of fused-ring (bicyclic) bond motifs is 1. The number of hydrogen-bond donors (Lipinski definition) is 3. The Kier molecular flexibility index (Phi) is 4.71. The van der Waals surface area contributed by atoms with Gasteiger partial charge in [-0.15, -0.1) is 0 Å². The molecule has 0 unspecified atom stereocenters. The van der Waals surface area contributed by atoms with Crippen molar-refractivity contribution in [2.24, 2.45) is 0 Å². The Morgan fingerprint density at radius 3 is 2.38 bits per heavy atom. The lowest BCUT2D eigenvalue weighted by Gasteiger charge is -2.07. The molecule has 1 aromatic heterocycles. The summed E-state index contributed by atoms with van der Waals surface area (Å²) >= 11 is 6.08. The standard InChI is InChI=1S/C17H14ClN3O4S/c1-10(22)21-26(24,25)13-7-5-12(6-8-13)19-17(23)15-9-11-3-2-4-14(18)16(11)20-15/h2-9,20H,1H3,(H,19,23)(H,21,22). The number of sulfonamides is 1. The lowest BCUT2D eigenvalue weighted by molar-refractivity contribution is -0.117. The maximum atomic E-state index is 12.4. The van der Waals surface area contributed by atoms with E-state index in [0.717, 1.165) is 12.3 Å². The molecule has 134 valence electrons. The van der Waals surface area contributed by atoms with Gasteiger partial charge in [0.05, 0.1) is 15.4 Å². The molecule has 3 aromatic rings. The van der Waals surface area contributed by atoms with E-state index in [1.54, 1.807) is 18.2 Å². The van der Waals surface area contributed by atoms with Gasteiger partial charge in [-0.2, -0.15) is 0 Å². The van der Waals surface area contributed by atoms with E-state index in [9.17, 15) is 18.0 Å². The molecule has 1 heterocycles. The first-order chi connectivity index (χ1) is 12.3. The first-order valence-corrected chi connectivity index (χ1v) is 9.34. The normalized spacial score (nSPS) is 11.3. The van der Waals surface area contributed by atoms with E-state index in [1.165, 1.54) is 24.3 Å². The maximum Gasteiger partial charge on any atom is 0.272 e. The number of nitrogens with one attached hydrogen (secondary N) is 3. The van der Waals surface area contributed by atoms with Gasteiger partial charge in [0.25, 0.3) is 15.9 Å². The van der Waals surface area contributed by atoms with E-state index >= 15 is 0 Å². The minimum atomic E-state index is -3.91. The number of halogens is 1. The van der Waals surface area contributed by atoms with Crippen molar-refractivity contribution in [3.05, 3.63) is 59.2 Å². The van der Waals surface area contributed by atoms with Gasteiger partial charge in [0, 0.05) is 18.0 Å². The van der Waals surface area contributed by atoms with Crippen LogP contribution in [-0.4, -0.2) is 25.2 Å². The van der Waals surface area contributed by atoms with Gasteiger partial charge in [0.2, 0.25) is 5.91 Å². The molecule has 9 heteroatoms. The highest BCUT2D eigenvalue weighted by Gasteiger charge is 2.16. The third-order valence-corrected chi connectivity index (χ3v) is 5.31. The molecule has 0 fully saturated rings. The van der Waals surface area contributed by atoms with Gasteiger partial charge in [-0.1, -0.05) is 23.7 Å². The van der Waals surface area contributed by atoms with Crippen LogP contribution in [0.3, 0.4) is 0 Å². The largest absolute Gasteiger partial charge is 0.349 e. The highest BCUT2D eigenvalue weighted by Crippen LogP contribution is 2.24. The molecule has 0 saturated heterocycles. The molecule has 2 aromatic carbocycles. The molecule has 2 amide bonds. The lowest BCUT2D eigenvalue weighted by atomic mass is 10.2. The third kappa shape index (κ3) is 3.71. The van der Waals surface area contributed by atoms with Crippen molar-refractivity contribution in [2.45, 2.75) is 11.8 Å². The van der Waals surface area contributed by atoms with E-state index in [2.05, 4.69) is 10.3 Å². The van der Waals surface area contributed by atoms with Crippen LogP contribution < -0.4 is 10.0 Å². The Labute approximate surface area is 154 Å². The summed E-state index contributed by atoms with van der Waals surface area (Å²) in [7, 11) is -3.91. The molecule has 0 aliphatic rings. The second-order valence-electron chi connectivity index (χ2n) is 5.53. The molecule has 0 radical (unpaired) electrons. The van der Waals surface area contributed by atoms with Crippen molar-refractivity contribution in [3.8, 4) is 0 Å². The van der Waals surface area contributed by atoms with Gasteiger partial charge in [-0.3, -0.25) is 9.59 Å². The van der Waals surface area contributed by atoms with Gasteiger partial charge < -0.3 is 10.3 Å². The number of hydrogen-bond acceptors (Lipinski definition) is 4. The van der Waals surface area contributed by atoms with E-state index < -0.39 is 21.8 Å². The minimum absolute atomic E-state index is 0.0805. The van der Waals surface area contributed by atoms with Crippen LogP contribution in [0.2, 0.25) is 5.02 Å². The fourth-order valence-electron chi connectivity index (χ4n) is 2.41. The monoisotopic (exact) mass is 391 g/mol. The van der Waals surface area contributed by atoms with Crippen molar-refractivity contribution in [3.63, 3.8) is 0 Å². The summed E-state index contributed by atoms with van der Waals surface area (Å²) in [6.07, 6.45) is 0. The number of anilines is 1. The van der Waals surface area contributed by atoms with Crippen LogP contribution in [0.15, 0.2) is 53.4 Å². The average molecular weight is 392 g/mol. The highest BCUT2D eigenvalue weighted by molar-refractivity contribution is 7.90. The van der Waals surface area contributed by atoms with Gasteiger partial charge in [0.1, 0.15) is 5.69 Å². The van der Waals surface area contributed by atoms with Crippen LogP contribution in [0.25, 0.3) is 10.9 Å². The number of carbonyl (C=O) groups excluding carboxylic acids is 2. The lowest BCUT2D eigenvalue weighted by Crippen LogP contribution is -2.28. The van der Waals surface area contributed by atoms with E-state index in [4.69, 9.17) is 11.6 Å². The van der Waals surface area contributed by atoms with Crippen LogP contribution in [0.1, 0.15) is 17.4 Å². The Morgan fingerprint density at radius 1 is 1.08 bits per heavy atom. The molecular formula is C17H14ClN3O4S. The third-order valence-electron chi connectivity index (χ3n) is 3.55. The quantitative estimate of drug-likeness (QED) is 0.635. The zero-order valence-corrected chi connectivity index (χ0v) is 15.1. The molecule has 0 spiro atoms. The molecule has 3 N–H and O–H groups in total. The van der Waals surface area contributed by atoms with Gasteiger partial charge >= 0.3 is 0 Å². The smallest absolute Gasteiger partial charge is 0.272 e. The summed E-state index contributed by atoms with van der Waals surface area (Å²) in [5, 5.41) is 3.98. The fraction of sp³-hybridized carbons (Fsp3) is 0.0588. The molecule has 26 heavy (non-hydrogen) atoms. The number of para-hydroxylation sites is 1. The predicted molar refractivity (Wildman–Crippen MR) is 98.7 cm³/mol. The maximum absolute atomic E-state index is 12.4. The summed E-state index contributed by atoms with van der Waals surface area (Å²) in [6.45, 7) is 1.11. The molecule has 0 aliphatic heterocycles. The topological polar surface area (TPSA) is 108 Å². The Bertz CT molecular complexity index is 1100. The SMILES string of the molecule is CC(=O)NS(=O)(=O)c1ccc(NC(=O)c2cc3cccc(Cl)c3[nH]2)cc1. The summed E-state index contributed by atoms with van der Waals surface area (Å²) < 4.78 is 25.7. The van der Waals surface area contributed by atoms with Gasteiger partial charge in [-0.05, 0) is 36.4 Å². The van der Waals surface area contributed by atoms with Crippen LogP contribution in [0, 0.1) is 0 Å². The Balaban J connectivity index is 1.79. The van der Waals surface area contributed by atoms with Crippen molar-refractivity contribution >= 4 is 50.0 Å². The number of H-pyrrole nitrogens is 1. The predicted octanol–water partition coefficient (Wildman–Crippen LogP) is 2.90. The second-order valence-corrected chi connectivity index (χ2v) is 7.62. The van der Waals surface area contributed by atoms with Gasteiger partial charge in [0.15, 0.2) is 0 Å². The molecule has 3 rings (SSSR count). The van der Waals surface area contributed by atoms with Crippen molar-refractivity contribution in [1.82, 2.24) is 9.71 Å². The van der Waals surface area contributed by atoms with Crippen LogP contribution >= 0.6 is 11.6 Å². The zero-order chi connectivity index (χ0) is 18.9. The molecule has 7 nitrogen and oxygen atoms in total. The molecule has 0 aliphatic carbocycles. The van der Waals surface area contributed by atoms with Crippen LogP contribution in [0.5, 0.6) is 0 Å². The molecule has 0 saturated carbocycles. The van der Waals surface area contributed by atoms with E-state index in [0.29, 0.717) is 21.9 Å². The van der Waals surface area contributed by atoms with Crippen molar-refractivity contribution in [2.75, 3.05) is 5.32 Å². The summed E-state index contributed by atoms with van der Waals surface area (Å²) in [5.74, 6) is -1.07.